The second-order valence-electron chi connectivity index (χ2n) is 5.17. The molecule has 1 aliphatic rings. The van der Waals surface area contributed by atoms with Gasteiger partial charge in [-0.2, -0.15) is 4.98 Å². The zero-order chi connectivity index (χ0) is 16.6. The second kappa shape index (κ2) is 5.64. The van der Waals surface area contributed by atoms with Crippen molar-refractivity contribution in [2.24, 2.45) is 0 Å². The number of benzene rings is 1. The van der Waals surface area contributed by atoms with Crippen LogP contribution in [-0.2, 0) is 16.1 Å². The van der Waals surface area contributed by atoms with Gasteiger partial charge in [-0.3, -0.25) is 9.59 Å². The van der Waals surface area contributed by atoms with Crippen LogP contribution < -0.4 is 0 Å². The predicted octanol–water partition coefficient (Wildman–Crippen LogP) is 1.43. The van der Waals surface area contributed by atoms with E-state index in [-0.39, 0.29) is 12.4 Å². The second-order valence-corrected chi connectivity index (χ2v) is 5.17. The van der Waals surface area contributed by atoms with Crippen LogP contribution in [0.1, 0.15) is 30.2 Å². The molecule has 1 atom stereocenters. The van der Waals surface area contributed by atoms with Gasteiger partial charge in [-0.25, -0.2) is 14.6 Å². The normalized spacial score (nSPS) is 16.3. The maximum atomic E-state index is 12.5. The number of amides is 4. The number of hydrogen-bond donors (Lipinski definition) is 0. The van der Waals surface area contributed by atoms with Crippen molar-refractivity contribution in [1.82, 2.24) is 19.9 Å². The molecule has 0 saturated carbocycles. The molecule has 0 radical (unpaired) electrons. The molecule has 3 rings (SSSR count). The van der Waals surface area contributed by atoms with E-state index in [2.05, 4.69) is 10.1 Å². The van der Waals surface area contributed by atoms with Crippen LogP contribution in [0.5, 0.6) is 0 Å². The highest BCUT2D eigenvalue weighted by molar-refractivity contribution is 6.44. The van der Waals surface area contributed by atoms with Crippen molar-refractivity contribution >= 4 is 17.8 Å². The third kappa shape index (κ3) is 2.59. The Morgan fingerprint density at radius 3 is 2.43 bits per heavy atom. The Morgan fingerprint density at radius 1 is 1.13 bits per heavy atom. The fourth-order valence-corrected chi connectivity index (χ4v) is 2.43. The Kier molecular flexibility index (Phi) is 3.65. The number of nitrogens with zero attached hydrogens (tertiary/aromatic N) is 4. The number of aromatic nitrogens is 2. The van der Waals surface area contributed by atoms with Crippen molar-refractivity contribution in [3.8, 4) is 0 Å². The summed E-state index contributed by atoms with van der Waals surface area (Å²) in [5, 5.41) is 3.64. The summed E-state index contributed by atoms with van der Waals surface area (Å²) in [4.78, 5) is 42.5. The van der Waals surface area contributed by atoms with Crippen molar-refractivity contribution in [3.63, 3.8) is 0 Å². The number of rotatable bonds is 4. The maximum Gasteiger partial charge on any atom is 0.335 e. The van der Waals surface area contributed by atoms with E-state index in [0.29, 0.717) is 5.89 Å². The van der Waals surface area contributed by atoms with Crippen molar-refractivity contribution in [1.29, 1.82) is 0 Å². The molecule has 118 valence electrons. The van der Waals surface area contributed by atoms with Gasteiger partial charge in [0, 0.05) is 6.92 Å². The SMILES string of the molecule is Cc1nc(CN2C(=O)C(=O)N([C@@H](C)c3ccccc3)C2=O)no1. The number of hydrogen-bond acceptors (Lipinski definition) is 6. The van der Waals surface area contributed by atoms with Gasteiger partial charge in [0.2, 0.25) is 5.89 Å². The van der Waals surface area contributed by atoms with E-state index >= 15 is 0 Å². The molecule has 0 N–H and O–H groups in total. The average Bonchev–Trinajstić information content (AvgIpc) is 3.05. The smallest absolute Gasteiger partial charge is 0.335 e. The van der Waals surface area contributed by atoms with Gasteiger partial charge in [0.05, 0.1) is 12.6 Å². The van der Waals surface area contributed by atoms with Crippen LogP contribution in [0, 0.1) is 6.92 Å². The molecule has 8 nitrogen and oxygen atoms in total. The zero-order valence-corrected chi connectivity index (χ0v) is 12.6. The Labute approximate surface area is 131 Å². The summed E-state index contributed by atoms with van der Waals surface area (Å²) in [5.41, 5.74) is 0.763. The Hall–Kier alpha value is -3.03. The van der Waals surface area contributed by atoms with Crippen LogP contribution in [0.15, 0.2) is 34.9 Å². The monoisotopic (exact) mass is 314 g/mol. The zero-order valence-electron chi connectivity index (χ0n) is 12.6. The van der Waals surface area contributed by atoms with Gasteiger partial charge in [-0.1, -0.05) is 35.5 Å². The van der Waals surface area contributed by atoms with Gasteiger partial charge in [0.15, 0.2) is 5.82 Å². The van der Waals surface area contributed by atoms with Crippen LogP contribution in [0.2, 0.25) is 0 Å². The Bertz CT molecular complexity index is 771. The van der Waals surface area contributed by atoms with E-state index in [4.69, 9.17) is 4.52 Å². The molecule has 1 fully saturated rings. The van der Waals surface area contributed by atoms with E-state index < -0.39 is 23.9 Å². The lowest BCUT2D eigenvalue weighted by atomic mass is 10.1. The number of urea groups is 1. The summed E-state index contributed by atoms with van der Waals surface area (Å²) in [6.45, 7) is 3.10. The van der Waals surface area contributed by atoms with Crippen LogP contribution in [-0.4, -0.2) is 37.8 Å². The van der Waals surface area contributed by atoms with Crippen LogP contribution in [0.3, 0.4) is 0 Å². The van der Waals surface area contributed by atoms with Crippen molar-refractivity contribution < 1.29 is 18.9 Å². The molecule has 23 heavy (non-hydrogen) atoms. The molecule has 0 aliphatic carbocycles. The minimum Gasteiger partial charge on any atom is -0.340 e. The summed E-state index contributed by atoms with van der Waals surface area (Å²) in [6.07, 6.45) is 0. The van der Waals surface area contributed by atoms with Gasteiger partial charge in [-0.15, -0.1) is 0 Å². The Morgan fingerprint density at radius 2 is 1.83 bits per heavy atom. The van der Waals surface area contributed by atoms with Gasteiger partial charge >= 0.3 is 17.8 Å². The molecule has 0 spiro atoms. The maximum absolute atomic E-state index is 12.5. The molecule has 0 bridgehead atoms. The first-order valence-electron chi connectivity index (χ1n) is 7.02. The summed E-state index contributed by atoms with van der Waals surface area (Å²) in [5.74, 6) is -1.25. The molecule has 2 heterocycles. The van der Waals surface area contributed by atoms with Gasteiger partial charge in [0.1, 0.15) is 0 Å². The van der Waals surface area contributed by atoms with Crippen LogP contribution >= 0.6 is 0 Å². The number of carbonyl (C=O) groups is 3. The minimum atomic E-state index is -0.889. The summed E-state index contributed by atoms with van der Waals surface area (Å²) in [7, 11) is 0. The molecule has 1 saturated heterocycles. The number of imide groups is 2. The number of aryl methyl sites for hydroxylation is 1. The van der Waals surface area contributed by atoms with E-state index in [1.165, 1.54) is 0 Å². The lowest BCUT2D eigenvalue weighted by Crippen LogP contribution is -2.35. The van der Waals surface area contributed by atoms with Crippen molar-refractivity contribution in [3.05, 3.63) is 47.6 Å². The highest BCUT2D eigenvalue weighted by atomic mass is 16.5. The average molecular weight is 314 g/mol. The van der Waals surface area contributed by atoms with E-state index in [0.717, 1.165) is 15.4 Å². The standard InChI is InChI=1S/C15H14N4O4/c1-9(11-6-4-3-5-7-11)19-14(21)13(20)18(15(19)22)8-12-16-10(2)23-17-12/h3-7,9H,8H2,1-2H3/t9-/m0/s1. The van der Waals surface area contributed by atoms with E-state index in [1.807, 2.05) is 6.07 Å². The molecule has 1 aromatic heterocycles. The molecular formula is C15H14N4O4. The summed E-state index contributed by atoms with van der Waals surface area (Å²) >= 11 is 0. The first kappa shape index (κ1) is 14.9. The third-order valence-corrected chi connectivity index (χ3v) is 3.62. The first-order chi connectivity index (χ1) is 11.0. The lowest BCUT2D eigenvalue weighted by molar-refractivity contribution is -0.144. The molecule has 8 heteroatoms. The molecule has 0 unspecified atom stereocenters. The van der Waals surface area contributed by atoms with Gasteiger partial charge < -0.3 is 4.52 Å². The van der Waals surface area contributed by atoms with E-state index in [1.54, 1.807) is 38.1 Å². The lowest BCUT2D eigenvalue weighted by Gasteiger charge is -2.22. The quantitative estimate of drug-likeness (QED) is 0.625. The predicted molar refractivity (Wildman–Crippen MR) is 76.7 cm³/mol. The van der Waals surface area contributed by atoms with Crippen molar-refractivity contribution in [2.45, 2.75) is 26.4 Å². The first-order valence-corrected chi connectivity index (χ1v) is 7.02. The van der Waals surface area contributed by atoms with Gasteiger partial charge in [0.25, 0.3) is 0 Å². The van der Waals surface area contributed by atoms with E-state index in [9.17, 15) is 14.4 Å². The van der Waals surface area contributed by atoms with Gasteiger partial charge in [-0.05, 0) is 12.5 Å². The molecule has 1 aliphatic heterocycles. The summed E-state index contributed by atoms with van der Waals surface area (Å²) < 4.78 is 4.81. The molecule has 4 amide bonds. The fraction of sp³-hybridized carbons (Fsp3) is 0.267. The van der Waals surface area contributed by atoms with Crippen LogP contribution in [0.4, 0.5) is 4.79 Å². The fourth-order valence-electron chi connectivity index (χ4n) is 2.43. The molecule has 1 aromatic carbocycles. The Balaban J connectivity index is 1.85. The summed E-state index contributed by atoms with van der Waals surface area (Å²) in [6, 6.07) is 7.80. The molecular weight excluding hydrogens is 300 g/mol. The number of carbonyl (C=O) groups excluding carboxylic acids is 3. The largest absolute Gasteiger partial charge is 0.340 e. The van der Waals surface area contributed by atoms with Crippen molar-refractivity contribution in [2.75, 3.05) is 0 Å². The minimum absolute atomic E-state index is 0.172. The highest BCUT2D eigenvalue weighted by Gasteiger charge is 2.47. The highest BCUT2D eigenvalue weighted by Crippen LogP contribution is 2.26. The molecule has 2 aromatic rings. The van der Waals surface area contributed by atoms with Crippen LogP contribution in [0.25, 0.3) is 0 Å². The topological polar surface area (TPSA) is 96.6 Å². The third-order valence-electron chi connectivity index (χ3n) is 3.62.